The average molecular weight is 345 g/mol. The lowest BCUT2D eigenvalue weighted by molar-refractivity contribution is -0.116. The van der Waals surface area contributed by atoms with Gasteiger partial charge in [-0.25, -0.2) is 0 Å². The largest absolute Gasteiger partial charge is 0.457 e. The minimum absolute atomic E-state index is 0.101. The second kappa shape index (κ2) is 7.41. The third-order valence-corrected chi connectivity index (χ3v) is 4.75. The first-order valence-electron chi connectivity index (χ1n) is 7.02. The van der Waals surface area contributed by atoms with E-state index in [4.69, 9.17) is 4.42 Å². The monoisotopic (exact) mass is 345 g/mol. The molecule has 4 nitrogen and oxygen atoms in total. The van der Waals surface area contributed by atoms with Gasteiger partial charge < -0.3 is 14.8 Å². The fourth-order valence-corrected chi connectivity index (χ4v) is 3.30. The SMILES string of the molecule is O=C(/C=C/c1ccsc1)NCC(O)c1ccc(-c2cccs2)o1. The van der Waals surface area contributed by atoms with E-state index in [1.165, 1.54) is 6.08 Å². The van der Waals surface area contributed by atoms with Crippen LogP contribution in [-0.4, -0.2) is 17.6 Å². The van der Waals surface area contributed by atoms with Crippen molar-refractivity contribution in [2.24, 2.45) is 0 Å². The molecule has 0 aliphatic heterocycles. The van der Waals surface area contributed by atoms with Crippen LogP contribution in [-0.2, 0) is 4.79 Å². The Balaban J connectivity index is 1.53. The van der Waals surface area contributed by atoms with Gasteiger partial charge in [0.25, 0.3) is 0 Å². The minimum Gasteiger partial charge on any atom is -0.457 e. The van der Waals surface area contributed by atoms with Crippen molar-refractivity contribution in [3.05, 3.63) is 63.9 Å². The van der Waals surface area contributed by atoms with Gasteiger partial charge in [-0.2, -0.15) is 11.3 Å². The Bertz CT molecular complexity index is 773. The summed E-state index contributed by atoms with van der Waals surface area (Å²) in [4.78, 5) is 12.7. The predicted octanol–water partition coefficient (Wildman–Crippen LogP) is 3.93. The molecule has 0 radical (unpaired) electrons. The summed E-state index contributed by atoms with van der Waals surface area (Å²) in [5, 5.41) is 18.6. The topological polar surface area (TPSA) is 62.5 Å². The summed E-state index contributed by atoms with van der Waals surface area (Å²) in [6.07, 6.45) is 2.32. The Hall–Kier alpha value is -2.15. The Labute approximate surface area is 141 Å². The second-order valence-corrected chi connectivity index (χ2v) is 6.56. The van der Waals surface area contributed by atoms with Crippen LogP contribution in [0, 0.1) is 0 Å². The first-order valence-corrected chi connectivity index (χ1v) is 8.84. The van der Waals surface area contributed by atoms with Crippen molar-refractivity contribution in [3.8, 4) is 10.6 Å². The zero-order valence-corrected chi connectivity index (χ0v) is 13.8. The van der Waals surface area contributed by atoms with Gasteiger partial charge in [0.05, 0.1) is 11.4 Å². The fourth-order valence-electron chi connectivity index (χ4n) is 1.98. The van der Waals surface area contributed by atoms with Crippen molar-refractivity contribution in [1.82, 2.24) is 5.32 Å². The fraction of sp³-hybridized carbons (Fsp3) is 0.118. The van der Waals surface area contributed by atoms with E-state index in [2.05, 4.69) is 5.32 Å². The molecule has 2 N–H and O–H groups in total. The maximum Gasteiger partial charge on any atom is 0.244 e. The second-order valence-electron chi connectivity index (χ2n) is 4.83. The number of hydrogen-bond donors (Lipinski definition) is 2. The number of thiophene rings is 2. The highest BCUT2D eigenvalue weighted by Gasteiger charge is 2.14. The molecule has 3 aromatic rings. The molecular formula is C17H15NO3S2. The van der Waals surface area contributed by atoms with Gasteiger partial charge >= 0.3 is 0 Å². The number of hydrogen-bond acceptors (Lipinski definition) is 5. The number of rotatable bonds is 6. The number of carbonyl (C=O) groups is 1. The third kappa shape index (κ3) is 4.19. The average Bonchev–Trinajstić information content (AvgIpc) is 3.31. The quantitative estimate of drug-likeness (QED) is 0.665. The van der Waals surface area contributed by atoms with E-state index < -0.39 is 6.10 Å². The van der Waals surface area contributed by atoms with Crippen molar-refractivity contribution >= 4 is 34.7 Å². The van der Waals surface area contributed by atoms with Gasteiger partial charge in [0.2, 0.25) is 5.91 Å². The van der Waals surface area contributed by atoms with E-state index in [1.807, 2.05) is 40.4 Å². The molecule has 1 atom stereocenters. The van der Waals surface area contributed by atoms with E-state index in [1.54, 1.807) is 34.8 Å². The first-order chi connectivity index (χ1) is 11.2. The molecule has 1 unspecified atom stereocenters. The zero-order valence-electron chi connectivity index (χ0n) is 12.1. The van der Waals surface area contributed by atoms with Crippen LogP contribution in [0.4, 0.5) is 0 Å². The summed E-state index contributed by atoms with van der Waals surface area (Å²) in [5.41, 5.74) is 0.984. The van der Waals surface area contributed by atoms with E-state index >= 15 is 0 Å². The zero-order chi connectivity index (χ0) is 16.1. The predicted molar refractivity (Wildman–Crippen MR) is 93.3 cm³/mol. The van der Waals surface area contributed by atoms with Crippen molar-refractivity contribution in [1.29, 1.82) is 0 Å². The molecule has 3 rings (SSSR count). The molecule has 0 fully saturated rings. The Morgan fingerprint density at radius 2 is 2.22 bits per heavy atom. The normalized spacial score (nSPS) is 12.6. The number of amides is 1. The van der Waals surface area contributed by atoms with Crippen LogP contribution in [0.1, 0.15) is 17.4 Å². The van der Waals surface area contributed by atoms with Gasteiger partial charge in [-0.15, -0.1) is 11.3 Å². The van der Waals surface area contributed by atoms with Gasteiger partial charge in [-0.05, 0) is 52.0 Å². The molecule has 0 spiro atoms. The highest BCUT2D eigenvalue weighted by atomic mass is 32.1. The molecule has 118 valence electrons. The molecule has 3 heterocycles. The maximum atomic E-state index is 11.7. The molecule has 0 saturated heterocycles. The number of furan rings is 1. The van der Waals surface area contributed by atoms with Crippen LogP contribution < -0.4 is 5.32 Å². The molecule has 1 amide bonds. The Morgan fingerprint density at radius 1 is 1.30 bits per heavy atom. The first kappa shape index (κ1) is 15.7. The molecule has 0 bridgehead atoms. The summed E-state index contributed by atoms with van der Waals surface area (Å²) in [5.74, 6) is 0.911. The van der Waals surface area contributed by atoms with Gasteiger partial charge in [0.15, 0.2) is 0 Å². The van der Waals surface area contributed by atoms with Gasteiger partial charge in [-0.3, -0.25) is 4.79 Å². The highest BCUT2D eigenvalue weighted by Crippen LogP contribution is 2.28. The summed E-state index contributed by atoms with van der Waals surface area (Å²) < 4.78 is 5.63. The molecule has 0 aromatic carbocycles. The minimum atomic E-state index is -0.873. The summed E-state index contributed by atoms with van der Waals surface area (Å²) in [6, 6.07) is 9.38. The molecule has 0 aliphatic carbocycles. The third-order valence-electron chi connectivity index (χ3n) is 3.16. The highest BCUT2D eigenvalue weighted by molar-refractivity contribution is 7.13. The molecule has 23 heavy (non-hydrogen) atoms. The molecule has 6 heteroatoms. The lowest BCUT2D eigenvalue weighted by Gasteiger charge is -2.08. The van der Waals surface area contributed by atoms with E-state index in [0.717, 1.165) is 16.2 Å². The summed E-state index contributed by atoms with van der Waals surface area (Å²) in [6.45, 7) is 0.101. The lowest BCUT2D eigenvalue weighted by atomic mass is 10.2. The molecule has 3 aromatic heterocycles. The van der Waals surface area contributed by atoms with Gasteiger partial charge in [-0.1, -0.05) is 6.07 Å². The Kier molecular flexibility index (Phi) is 5.07. The van der Waals surface area contributed by atoms with Crippen LogP contribution in [0.2, 0.25) is 0 Å². The molecule has 0 aliphatic rings. The van der Waals surface area contributed by atoms with Gasteiger partial charge in [0.1, 0.15) is 17.6 Å². The van der Waals surface area contributed by atoms with Crippen molar-refractivity contribution in [2.45, 2.75) is 6.10 Å². The maximum absolute atomic E-state index is 11.7. The standard InChI is InChI=1S/C17H15NO3S2/c19-13(10-18-17(20)6-3-12-7-9-22-11-12)14-4-5-15(21-14)16-2-1-8-23-16/h1-9,11,13,19H,10H2,(H,18,20)/b6-3+. The van der Waals surface area contributed by atoms with Crippen LogP contribution in [0.15, 0.2) is 57.0 Å². The van der Waals surface area contributed by atoms with Crippen molar-refractivity contribution in [2.75, 3.05) is 6.54 Å². The smallest absolute Gasteiger partial charge is 0.244 e. The summed E-state index contributed by atoms with van der Waals surface area (Å²) in [7, 11) is 0. The van der Waals surface area contributed by atoms with Crippen LogP contribution in [0.25, 0.3) is 16.7 Å². The number of nitrogens with one attached hydrogen (secondary N) is 1. The van der Waals surface area contributed by atoms with E-state index in [-0.39, 0.29) is 12.5 Å². The van der Waals surface area contributed by atoms with Crippen LogP contribution >= 0.6 is 22.7 Å². The number of aliphatic hydroxyl groups is 1. The van der Waals surface area contributed by atoms with Crippen molar-refractivity contribution < 1.29 is 14.3 Å². The van der Waals surface area contributed by atoms with E-state index in [9.17, 15) is 9.90 Å². The van der Waals surface area contributed by atoms with Crippen LogP contribution in [0.3, 0.4) is 0 Å². The number of aliphatic hydroxyl groups excluding tert-OH is 1. The number of carbonyl (C=O) groups excluding carboxylic acids is 1. The van der Waals surface area contributed by atoms with E-state index in [0.29, 0.717) is 5.76 Å². The molecular weight excluding hydrogens is 330 g/mol. The van der Waals surface area contributed by atoms with Gasteiger partial charge in [0, 0.05) is 6.08 Å². The van der Waals surface area contributed by atoms with Crippen molar-refractivity contribution in [3.63, 3.8) is 0 Å². The Morgan fingerprint density at radius 3 is 2.96 bits per heavy atom. The molecule has 0 saturated carbocycles. The lowest BCUT2D eigenvalue weighted by Crippen LogP contribution is -2.26. The van der Waals surface area contributed by atoms with Crippen LogP contribution in [0.5, 0.6) is 0 Å². The summed E-state index contributed by atoms with van der Waals surface area (Å²) >= 11 is 3.14.